The van der Waals surface area contributed by atoms with E-state index in [-0.39, 0.29) is 0 Å². The average molecular weight is 185 g/mol. The minimum Gasteiger partial charge on any atom is -0.465 e. The molecule has 1 aromatic carbocycles. The summed E-state index contributed by atoms with van der Waals surface area (Å²) in [6.07, 6.45) is 0. The van der Waals surface area contributed by atoms with Crippen molar-refractivity contribution < 1.29 is 9.53 Å². The molecular weight excluding hydrogens is 176 g/mol. The van der Waals surface area contributed by atoms with Gasteiger partial charge in [-0.15, -0.1) is 0 Å². The first-order valence-corrected chi connectivity index (χ1v) is 3.88. The molecule has 0 aliphatic heterocycles. The van der Waals surface area contributed by atoms with Crippen molar-refractivity contribution in [3.63, 3.8) is 0 Å². The van der Waals surface area contributed by atoms with Crippen molar-refractivity contribution in [1.82, 2.24) is 0 Å². The summed E-state index contributed by atoms with van der Waals surface area (Å²) in [6.45, 7) is 1.84. The first-order valence-electron chi connectivity index (χ1n) is 3.50. The van der Waals surface area contributed by atoms with Crippen LogP contribution in [0.2, 0.25) is 5.02 Å². The highest BCUT2D eigenvalue weighted by Gasteiger charge is 2.10. The summed E-state index contributed by atoms with van der Waals surface area (Å²) in [6, 6.07) is 5.25. The number of esters is 1. The van der Waals surface area contributed by atoms with Crippen molar-refractivity contribution in [2.75, 3.05) is 7.11 Å². The molecular formula is C9H9ClO2. The van der Waals surface area contributed by atoms with E-state index in [4.69, 9.17) is 11.6 Å². The number of rotatable bonds is 1. The zero-order valence-corrected chi connectivity index (χ0v) is 7.68. The molecule has 0 heterocycles. The summed E-state index contributed by atoms with van der Waals surface area (Å²) in [4.78, 5) is 11.1. The predicted octanol–water partition coefficient (Wildman–Crippen LogP) is 2.44. The Bertz CT molecular complexity index is 307. The number of carbonyl (C=O) groups excluding carboxylic acids is 1. The normalized spacial score (nSPS) is 9.58. The molecule has 3 heteroatoms. The predicted molar refractivity (Wildman–Crippen MR) is 47.5 cm³/mol. The van der Waals surface area contributed by atoms with Crippen LogP contribution >= 0.6 is 11.6 Å². The van der Waals surface area contributed by atoms with Crippen LogP contribution in [0.15, 0.2) is 18.2 Å². The largest absolute Gasteiger partial charge is 0.465 e. The first-order chi connectivity index (χ1) is 5.66. The summed E-state index contributed by atoms with van der Waals surface area (Å²) in [5.41, 5.74) is 1.29. The lowest BCUT2D eigenvalue weighted by atomic mass is 10.1. The molecule has 0 saturated carbocycles. The van der Waals surface area contributed by atoms with Crippen LogP contribution in [0.3, 0.4) is 0 Å². The van der Waals surface area contributed by atoms with Crippen LogP contribution in [-0.4, -0.2) is 13.1 Å². The van der Waals surface area contributed by atoms with Crippen LogP contribution in [-0.2, 0) is 4.74 Å². The van der Waals surface area contributed by atoms with Crippen molar-refractivity contribution in [3.05, 3.63) is 34.3 Å². The summed E-state index contributed by atoms with van der Waals surface area (Å²) < 4.78 is 4.55. The SMILES string of the molecule is COC(=O)c1cccc(C)c1Cl. The number of hydrogen-bond acceptors (Lipinski definition) is 2. The maximum atomic E-state index is 11.1. The molecule has 0 radical (unpaired) electrons. The molecule has 0 saturated heterocycles. The highest BCUT2D eigenvalue weighted by atomic mass is 35.5. The molecule has 64 valence electrons. The molecule has 12 heavy (non-hydrogen) atoms. The molecule has 0 bridgehead atoms. The molecule has 2 nitrogen and oxygen atoms in total. The van der Waals surface area contributed by atoms with E-state index in [0.717, 1.165) is 5.56 Å². The van der Waals surface area contributed by atoms with E-state index in [2.05, 4.69) is 4.74 Å². The van der Waals surface area contributed by atoms with Crippen molar-refractivity contribution in [2.24, 2.45) is 0 Å². The number of hydrogen-bond donors (Lipinski definition) is 0. The molecule has 0 aromatic heterocycles. The van der Waals surface area contributed by atoms with Crippen molar-refractivity contribution in [1.29, 1.82) is 0 Å². The van der Waals surface area contributed by atoms with Gasteiger partial charge < -0.3 is 4.74 Å². The minimum atomic E-state index is -0.399. The molecule has 0 unspecified atom stereocenters. The van der Waals surface area contributed by atoms with E-state index < -0.39 is 5.97 Å². The Morgan fingerprint density at radius 2 is 2.17 bits per heavy atom. The minimum absolute atomic E-state index is 0.399. The van der Waals surface area contributed by atoms with Gasteiger partial charge in [-0.2, -0.15) is 0 Å². The lowest BCUT2D eigenvalue weighted by molar-refractivity contribution is 0.0601. The molecule has 1 rings (SSSR count). The zero-order valence-electron chi connectivity index (χ0n) is 6.93. The van der Waals surface area contributed by atoms with Gasteiger partial charge >= 0.3 is 5.97 Å². The monoisotopic (exact) mass is 184 g/mol. The molecule has 0 aliphatic carbocycles. The maximum Gasteiger partial charge on any atom is 0.339 e. The second-order valence-electron chi connectivity index (χ2n) is 2.43. The highest BCUT2D eigenvalue weighted by Crippen LogP contribution is 2.20. The van der Waals surface area contributed by atoms with E-state index in [1.807, 2.05) is 13.0 Å². The number of benzene rings is 1. The lowest BCUT2D eigenvalue weighted by Gasteiger charge is -2.03. The van der Waals surface area contributed by atoms with Gasteiger partial charge in [-0.25, -0.2) is 4.79 Å². The van der Waals surface area contributed by atoms with Gasteiger partial charge in [0.25, 0.3) is 0 Å². The Labute approximate surface area is 76.1 Å². The second-order valence-corrected chi connectivity index (χ2v) is 2.81. The number of halogens is 1. The van der Waals surface area contributed by atoms with Gasteiger partial charge in [0.15, 0.2) is 0 Å². The quantitative estimate of drug-likeness (QED) is 0.627. The number of ether oxygens (including phenoxy) is 1. The number of carbonyl (C=O) groups is 1. The van der Waals surface area contributed by atoms with Gasteiger partial charge in [-0.3, -0.25) is 0 Å². The fraction of sp³-hybridized carbons (Fsp3) is 0.222. The smallest absolute Gasteiger partial charge is 0.339 e. The van der Waals surface area contributed by atoms with Crippen molar-refractivity contribution in [2.45, 2.75) is 6.92 Å². The third kappa shape index (κ3) is 1.59. The first kappa shape index (κ1) is 9.07. The fourth-order valence-corrected chi connectivity index (χ4v) is 1.12. The maximum absolute atomic E-state index is 11.1. The zero-order chi connectivity index (χ0) is 9.14. The summed E-state index contributed by atoms with van der Waals surface area (Å²) >= 11 is 5.87. The Balaban J connectivity index is 3.16. The van der Waals surface area contributed by atoms with Gasteiger partial charge in [-0.05, 0) is 18.6 Å². The van der Waals surface area contributed by atoms with Crippen LogP contribution in [0.1, 0.15) is 15.9 Å². The fourth-order valence-electron chi connectivity index (χ4n) is 0.915. The Kier molecular flexibility index (Phi) is 2.71. The molecule has 0 N–H and O–H groups in total. The Hall–Kier alpha value is -1.02. The number of aryl methyl sites for hydroxylation is 1. The molecule has 0 fully saturated rings. The summed E-state index contributed by atoms with van der Waals surface area (Å²) in [5.74, 6) is -0.399. The van der Waals surface area contributed by atoms with Gasteiger partial charge in [0.1, 0.15) is 0 Å². The molecule has 0 spiro atoms. The van der Waals surface area contributed by atoms with E-state index in [0.29, 0.717) is 10.6 Å². The van der Waals surface area contributed by atoms with Gasteiger partial charge in [0, 0.05) is 0 Å². The van der Waals surface area contributed by atoms with Gasteiger partial charge in [0.05, 0.1) is 17.7 Å². The topological polar surface area (TPSA) is 26.3 Å². The summed E-state index contributed by atoms with van der Waals surface area (Å²) in [7, 11) is 1.33. The lowest BCUT2D eigenvalue weighted by Crippen LogP contribution is -2.02. The standard InChI is InChI=1S/C9H9ClO2/c1-6-4-3-5-7(8(6)10)9(11)12-2/h3-5H,1-2H3. The molecule has 0 aliphatic rings. The van der Waals surface area contributed by atoms with Crippen LogP contribution in [0.4, 0.5) is 0 Å². The summed E-state index contributed by atoms with van der Waals surface area (Å²) in [5, 5.41) is 0.462. The van der Waals surface area contributed by atoms with Gasteiger partial charge in [0.2, 0.25) is 0 Å². The molecule has 1 aromatic rings. The Morgan fingerprint density at radius 3 is 2.75 bits per heavy atom. The molecule has 0 amide bonds. The van der Waals surface area contributed by atoms with Crippen molar-refractivity contribution in [3.8, 4) is 0 Å². The van der Waals surface area contributed by atoms with Crippen LogP contribution in [0.25, 0.3) is 0 Å². The van der Waals surface area contributed by atoms with Crippen LogP contribution in [0.5, 0.6) is 0 Å². The van der Waals surface area contributed by atoms with E-state index in [9.17, 15) is 4.79 Å². The second kappa shape index (κ2) is 3.59. The Morgan fingerprint density at radius 1 is 1.50 bits per heavy atom. The van der Waals surface area contributed by atoms with Crippen molar-refractivity contribution >= 4 is 17.6 Å². The third-order valence-electron chi connectivity index (χ3n) is 1.60. The number of methoxy groups -OCH3 is 1. The highest BCUT2D eigenvalue weighted by molar-refractivity contribution is 6.34. The average Bonchev–Trinajstić information content (AvgIpc) is 2.08. The third-order valence-corrected chi connectivity index (χ3v) is 2.10. The van der Waals surface area contributed by atoms with E-state index in [1.165, 1.54) is 7.11 Å². The molecule has 0 atom stereocenters. The van der Waals surface area contributed by atoms with E-state index >= 15 is 0 Å². The van der Waals surface area contributed by atoms with E-state index in [1.54, 1.807) is 12.1 Å². The van der Waals surface area contributed by atoms with Crippen LogP contribution in [0, 0.1) is 6.92 Å². The van der Waals surface area contributed by atoms with Crippen LogP contribution < -0.4 is 0 Å². The van der Waals surface area contributed by atoms with Gasteiger partial charge in [-0.1, -0.05) is 23.7 Å².